The quantitative estimate of drug-likeness (QED) is 0.913. The van der Waals surface area contributed by atoms with Crippen LogP contribution in [0.25, 0.3) is 11.5 Å². The van der Waals surface area contributed by atoms with Gasteiger partial charge in [-0.3, -0.25) is 0 Å². The van der Waals surface area contributed by atoms with Crippen LogP contribution in [0, 0.1) is 11.7 Å². The second-order valence-corrected chi connectivity index (χ2v) is 5.79. The molecule has 0 spiro atoms. The molecule has 0 saturated heterocycles. The Kier molecular flexibility index (Phi) is 3.30. The molecule has 4 nitrogen and oxygen atoms in total. The average Bonchev–Trinajstić information content (AvgIpc) is 2.90. The Balaban J connectivity index is 1.88. The fourth-order valence-electron chi connectivity index (χ4n) is 2.93. The van der Waals surface area contributed by atoms with E-state index in [1.54, 1.807) is 12.1 Å². The SMILES string of the molecule is CC1CCCC(N)(c2noc(-c3ccc(F)cc3)n2)C1. The summed E-state index contributed by atoms with van der Waals surface area (Å²) in [5.41, 5.74) is 6.65. The third-order valence-electron chi connectivity index (χ3n) is 4.00. The summed E-state index contributed by atoms with van der Waals surface area (Å²) in [4.78, 5) is 4.41. The van der Waals surface area contributed by atoms with E-state index in [1.165, 1.54) is 18.6 Å². The highest BCUT2D eigenvalue weighted by Gasteiger charge is 2.37. The monoisotopic (exact) mass is 275 g/mol. The summed E-state index contributed by atoms with van der Waals surface area (Å²) in [6, 6.07) is 6.00. The molecule has 1 aliphatic rings. The third kappa shape index (κ3) is 2.45. The number of hydrogen-bond donors (Lipinski definition) is 1. The van der Waals surface area contributed by atoms with Crippen molar-refractivity contribution < 1.29 is 8.91 Å². The maximum atomic E-state index is 12.9. The fourth-order valence-corrected chi connectivity index (χ4v) is 2.93. The molecule has 1 aromatic carbocycles. The van der Waals surface area contributed by atoms with Gasteiger partial charge in [0.2, 0.25) is 0 Å². The molecule has 1 saturated carbocycles. The van der Waals surface area contributed by atoms with Gasteiger partial charge in [0, 0.05) is 5.56 Å². The molecular formula is C15H18FN3O. The molecule has 3 rings (SSSR count). The Morgan fingerprint density at radius 3 is 2.80 bits per heavy atom. The fraction of sp³-hybridized carbons (Fsp3) is 0.467. The first-order chi connectivity index (χ1) is 9.57. The number of nitrogens with two attached hydrogens (primary N) is 1. The molecule has 2 atom stereocenters. The summed E-state index contributed by atoms with van der Waals surface area (Å²) in [6.07, 6.45) is 4.02. The van der Waals surface area contributed by atoms with Gasteiger partial charge in [0.1, 0.15) is 5.82 Å². The Bertz CT molecular complexity index is 595. The van der Waals surface area contributed by atoms with Gasteiger partial charge in [-0.05, 0) is 43.0 Å². The molecule has 1 heterocycles. The molecule has 106 valence electrons. The van der Waals surface area contributed by atoms with Gasteiger partial charge in [0.05, 0.1) is 5.54 Å². The van der Waals surface area contributed by atoms with E-state index in [0.717, 1.165) is 19.3 Å². The zero-order valence-corrected chi connectivity index (χ0v) is 11.5. The van der Waals surface area contributed by atoms with Crippen molar-refractivity contribution in [1.82, 2.24) is 10.1 Å². The molecule has 1 fully saturated rings. The molecule has 0 radical (unpaired) electrons. The average molecular weight is 275 g/mol. The highest BCUT2D eigenvalue weighted by atomic mass is 19.1. The van der Waals surface area contributed by atoms with E-state index in [-0.39, 0.29) is 5.82 Å². The van der Waals surface area contributed by atoms with Crippen LogP contribution in [0.2, 0.25) is 0 Å². The lowest BCUT2D eigenvalue weighted by molar-refractivity contribution is 0.222. The van der Waals surface area contributed by atoms with E-state index >= 15 is 0 Å². The topological polar surface area (TPSA) is 64.9 Å². The Labute approximate surface area is 117 Å². The van der Waals surface area contributed by atoms with E-state index in [4.69, 9.17) is 10.3 Å². The Morgan fingerprint density at radius 2 is 2.10 bits per heavy atom. The second kappa shape index (κ2) is 4.98. The van der Waals surface area contributed by atoms with Gasteiger partial charge in [-0.2, -0.15) is 4.98 Å². The zero-order chi connectivity index (χ0) is 14.2. The predicted octanol–water partition coefficient (Wildman–Crippen LogP) is 3.24. The predicted molar refractivity (Wildman–Crippen MR) is 73.2 cm³/mol. The molecule has 20 heavy (non-hydrogen) atoms. The van der Waals surface area contributed by atoms with E-state index in [9.17, 15) is 4.39 Å². The highest BCUT2D eigenvalue weighted by Crippen LogP contribution is 2.37. The van der Waals surface area contributed by atoms with Crippen LogP contribution in [0.3, 0.4) is 0 Å². The van der Waals surface area contributed by atoms with Crippen LogP contribution in [0.1, 0.15) is 38.4 Å². The minimum atomic E-state index is -0.501. The first-order valence-corrected chi connectivity index (χ1v) is 6.96. The van der Waals surface area contributed by atoms with Gasteiger partial charge in [0.25, 0.3) is 5.89 Å². The summed E-state index contributed by atoms with van der Waals surface area (Å²) >= 11 is 0. The summed E-state index contributed by atoms with van der Waals surface area (Å²) in [7, 11) is 0. The van der Waals surface area contributed by atoms with Crippen molar-refractivity contribution in [3.8, 4) is 11.5 Å². The van der Waals surface area contributed by atoms with Crippen LogP contribution in [0.4, 0.5) is 4.39 Å². The first-order valence-electron chi connectivity index (χ1n) is 6.96. The van der Waals surface area contributed by atoms with Crippen LogP contribution in [-0.2, 0) is 5.54 Å². The van der Waals surface area contributed by atoms with E-state index in [0.29, 0.717) is 23.2 Å². The molecule has 2 aromatic rings. The molecule has 5 heteroatoms. The van der Waals surface area contributed by atoms with Gasteiger partial charge >= 0.3 is 0 Å². The van der Waals surface area contributed by atoms with Crippen molar-refractivity contribution in [2.45, 2.75) is 38.1 Å². The molecule has 1 aliphatic carbocycles. The lowest BCUT2D eigenvalue weighted by Gasteiger charge is -2.33. The standard InChI is InChI=1S/C15H18FN3O/c1-10-3-2-8-15(17,9-10)14-18-13(20-19-14)11-4-6-12(16)7-5-11/h4-7,10H,2-3,8-9,17H2,1H3. The minimum Gasteiger partial charge on any atom is -0.334 e. The number of aromatic nitrogens is 2. The van der Waals surface area contributed by atoms with E-state index in [1.807, 2.05) is 0 Å². The van der Waals surface area contributed by atoms with Gasteiger partial charge in [-0.1, -0.05) is 24.9 Å². The minimum absolute atomic E-state index is 0.287. The van der Waals surface area contributed by atoms with E-state index < -0.39 is 5.54 Å². The lowest BCUT2D eigenvalue weighted by atomic mass is 9.76. The normalized spacial score (nSPS) is 26.6. The number of hydrogen-bond acceptors (Lipinski definition) is 4. The summed E-state index contributed by atoms with van der Waals surface area (Å²) in [5, 5.41) is 4.04. The van der Waals surface area contributed by atoms with E-state index in [2.05, 4.69) is 17.1 Å². The van der Waals surface area contributed by atoms with Gasteiger partial charge in [-0.15, -0.1) is 0 Å². The molecule has 0 bridgehead atoms. The number of halogens is 1. The Hall–Kier alpha value is -1.75. The van der Waals surface area contributed by atoms with Crippen LogP contribution < -0.4 is 5.73 Å². The van der Waals surface area contributed by atoms with Crippen molar-refractivity contribution in [2.24, 2.45) is 11.7 Å². The maximum Gasteiger partial charge on any atom is 0.257 e. The van der Waals surface area contributed by atoms with Gasteiger partial charge in [-0.25, -0.2) is 4.39 Å². The van der Waals surface area contributed by atoms with Crippen molar-refractivity contribution in [3.63, 3.8) is 0 Å². The second-order valence-electron chi connectivity index (χ2n) is 5.79. The van der Waals surface area contributed by atoms with Crippen molar-refractivity contribution >= 4 is 0 Å². The number of nitrogens with zero attached hydrogens (tertiary/aromatic N) is 2. The largest absolute Gasteiger partial charge is 0.334 e. The van der Waals surface area contributed by atoms with Crippen LogP contribution in [0.15, 0.2) is 28.8 Å². The summed E-state index contributed by atoms with van der Waals surface area (Å²) < 4.78 is 18.2. The molecular weight excluding hydrogens is 257 g/mol. The lowest BCUT2D eigenvalue weighted by Crippen LogP contribution is -2.42. The summed E-state index contributed by atoms with van der Waals surface area (Å²) in [6.45, 7) is 2.20. The smallest absolute Gasteiger partial charge is 0.257 e. The molecule has 0 amide bonds. The molecule has 2 N–H and O–H groups in total. The zero-order valence-electron chi connectivity index (χ0n) is 11.5. The molecule has 2 unspecified atom stereocenters. The van der Waals surface area contributed by atoms with Crippen LogP contribution in [0.5, 0.6) is 0 Å². The highest BCUT2D eigenvalue weighted by molar-refractivity contribution is 5.52. The maximum absolute atomic E-state index is 12.9. The number of benzene rings is 1. The van der Waals surface area contributed by atoms with Gasteiger partial charge < -0.3 is 10.3 Å². The van der Waals surface area contributed by atoms with Crippen LogP contribution >= 0.6 is 0 Å². The van der Waals surface area contributed by atoms with Crippen molar-refractivity contribution in [1.29, 1.82) is 0 Å². The Morgan fingerprint density at radius 1 is 1.35 bits per heavy atom. The van der Waals surface area contributed by atoms with Crippen molar-refractivity contribution in [2.75, 3.05) is 0 Å². The molecule has 1 aromatic heterocycles. The third-order valence-corrected chi connectivity index (χ3v) is 4.00. The first kappa shape index (κ1) is 13.2. The summed E-state index contributed by atoms with van der Waals surface area (Å²) in [5.74, 6) is 1.23. The van der Waals surface area contributed by atoms with Crippen molar-refractivity contribution in [3.05, 3.63) is 35.9 Å². The van der Waals surface area contributed by atoms with Gasteiger partial charge in [0.15, 0.2) is 5.82 Å². The number of rotatable bonds is 2. The molecule has 0 aliphatic heterocycles. The van der Waals surface area contributed by atoms with Crippen LogP contribution in [-0.4, -0.2) is 10.1 Å².